The lowest BCUT2D eigenvalue weighted by molar-refractivity contribution is -0.385. The molecular weight excluding hydrogens is 290 g/mol. The van der Waals surface area contributed by atoms with Gasteiger partial charge in [-0.25, -0.2) is 9.48 Å². The molecule has 22 heavy (non-hydrogen) atoms. The summed E-state index contributed by atoms with van der Waals surface area (Å²) in [5.74, 6) is -0.157. The maximum absolute atomic E-state index is 12.6. The largest absolute Gasteiger partial charge is 0.417 e. The van der Waals surface area contributed by atoms with Gasteiger partial charge in [0.15, 0.2) is 0 Å². The highest BCUT2D eigenvalue weighted by Crippen LogP contribution is 2.28. The lowest BCUT2D eigenvalue weighted by atomic mass is 10.0. The Balaban J connectivity index is 2.25. The fourth-order valence-electron chi connectivity index (χ4n) is 2.62. The maximum Gasteiger partial charge on any atom is 0.417 e. The van der Waals surface area contributed by atoms with Crippen LogP contribution in [0.3, 0.4) is 0 Å². The molecule has 2 rings (SSSR count). The first-order chi connectivity index (χ1) is 10.2. The predicted octanol–water partition coefficient (Wildman–Crippen LogP) is 1.29. The Morgan fingerprint density at radius 1 is 1.59 bits per heavy atom. The number of amides is 1. The summed E-state index contributed by atoms with van der Waals surface area (Å²) in [5.41, 5.74) is -0.782. The molecule has 1 N–H and O–H groups in total. The van der Waals surface area contributed by atoms with Gasteiger partial charge in [-0.3, -0.25) is 15.0 Å². The van der Waals surface area contributed by atoms with Crippen LogP contribution in [0.2, 0.25) is 0 Å². The van der Waals surface area contributed by atoms with Crippen LogP contribution in [0.5, 0.6) is 5.88 Å². The number of nitro groups is 1. The minimum Gasteiger partial charge on any atom is -0.384 e. The Morgan fingerprint density at radius 3 is 2.77 bits per heavy atom. The summed E-state index contributed by atoms with van der Waals surface area (Å²) >= 11 is 0. The fraction of sp³-hybridized carbons (Fsp3) is 0.692. The normalized spacial score (nSPS) is 18.3. The van der Waals surface area contributed by atoms with E-state index in [1.165, 1.54) is 11.7 Å². The molecule has 0 saturated carbocycles. The van der Waals surface area contributed by atoms with Gasteiger partial charge in [-0.1, -0.05) is 0 Å². The molecule has 1 saturated heterocycles. The van der Waals surface area contributed by atoms with E-state index in [9.17, 15) is 14.9 Å². The van der Waals surface area contributed by atoms with Crippen LogP contribution in [0.15, 0.2) is 6.20 Å². The number of aryl methyl sites for hydroxylation is 1. The van der Waals surface area contributed by atoms with Gasteiger partial charge >= 0.3 is 17.7 Å². The zero-order valence-electron chi connectivity index (χ0n) is 13.2. The number of rotatable bonds is 3. The van der Waals surface area contributed by atoms with E-state index in [-0.39, 0.29) is 17.6 Å². The van der Waals surface area contributed by atoms with Crippen molar-refractivity contribution in [1.82, 2.24) is 20.0 Å². The van der Waals surface area contributed by atoms with Crippen LogP contribution in [0.1, 0.15) is 27.2 Å². The Hall–Kier alpha value is -2.16. The van der Waals surface area contributed by atoms with Crippen molar-refractivity contribution in [3.63, 3.8) is 0 Å². The zero-order valence-corrected chi connectivity index (χ0v) is 13.2. The van der Waals surface area contributed by atoms with Crippen LogP contribution in [-0.4, -0.2) is 50.4 Å². The van der Waals surface area contributed by atoms with Crippen molar-refractivity contribution < 1.29 is 14.5 Å². The summed E-state index contributed by atoms with van der Waals surface area (Å²) in [6.07, 6.45) is 1.29. The number of carbonyl (C=O) groups excluding carboxylic acids is 1. The molecule has 1 aliphatic heterocycles. The third kappa shape index (κ3) is 3.19. The van der Waals surface area contributed by atoms with Gasteiger partial charge < -0.3 is 10.1 Å². The number of ether oxygens (including phenoxy) is 1. The Labute approximate surface area is 128 Å². The number of aromatic nitrogens is 2. The molecular formula is C13H21N5O4. The topological polar surface area (TPSA) is 103 Å². The number of nitrogens with one attached hydrogen (secondary N) is 1. The van der Waals surface area contributed by atoms with Crippen LogP contribution in [-0.2, 0) is 7.05 Å². The van der Waals surface area contributed by atoms with Gasteiger partial charge in [0.05, 0.1) is 4.92 Å². The predicted molar refractivity (Wildman–Crippen MR) is 78.8 cm³/mol. The van der Waals surface area contributed by atoms with Crippen LogP contribution < -0.4 is 10.1 Å². The van der Waals surface area contributed by atoms with E-state index in [2.05, 4.69) is 10.4 Å². The van der Waals surface area contributed by atoms with Gasteiger partial charge in [0.2, 0.25) is 0 Å². The first kappa shape index (κ1) is 16.2. The smallest absolute Gasteiger partial charge is 0.384 e. The zero-order chi connectivity index (χ0) is 16.5. The second kappa shape index (κ2) is 5.91. The van der Waals surface area contributed by atoms with E-state index < -0.39 is 16.6 Å². The lowest BCUT2D eigenvalue weighted by Gasteiger charge is -2.38. The monoisotopic (exact) mass is 311 g/mol. The van der Waals surface area contributed by atoms with Crippen LogP contribution in [0.25, 0.3) is 0 Å². The molecule has 0 unspecified atom stereocenters. The molecule has 0 radical (unpaired) electrons. The quantitative estimate of drug-likeness (QED) is 0.666. The first-order valence-corrected chi connectivity index (χ1v) is 7.10. The van der Waals surface area contributed by atoms with Crippen molar-refractivity contribution in [2.24, 2.45) is 7.05 Å². The van der Waals surface area contributed by atoms with Crippen LogP contribution >= 0.6 is 0 Å². The van der Waals surface area contributed by atoms with E-state index in [1.54, 1.807) is 4.90 Å². The Kier molecular flexibility index (Phi) is 4.36. The Morgan fingerprint density at radius 2 is 2.27 bits per heavy atom. The molecule has 1 aliphatic rings. The van der Waals surface area contributed by atoms with Crippen LogP contribution in [0.4, 0.5) is 10.5 Å². The van der Waals surface area contributed by atoms with Gasteiger partial charge in [-0.2, -0.15) is 5.10 Å². The van der Waals surface area contributed by atoms with Gasteiger partial charge in [0, 0.05) is 25.2 Å². The fourth-order valence-corrected chi connectivity index (χ4v) is 2.62. The molecule has 1 aromatic rings. The summed E-state index contributed by atoms with van der Waals surface area (Å²) < 4.78 is 6.48. The average molecular weight is 311 g/mol. The highest BCUT2D eigenvalue weighted by atomic mass is 16.6. The van der Waals surface area contributed by atoms with Crippen molar-refractivity contribution in [3.8, 4) is 5.88 Å². The van der Waals surface area contributed by atoms with Crippen molar-refractivity contribution in [1.29, 1.82) is 0 Å². The lowest BCUT2D eigenvalue weighted by Crippen LogP contribution is -2.53. The van der Waals surface area contributed by atoms with Crippen molar-refractivity contribution in [2.45, 2.75) is 38.8 Å². The standard InChI is InChI=1S/C13H21N5O4/c1-13(2,3)17(9-5-6-14-7-9)12(19)22-11-10(18(20)21)8-15-16(11)4/h8-9,14H,5-7H2,1-4H3/t9-/m0/s1. The molecule has 1 amide bonds. The summed E-state index contributed by atoms with van der Waals surface area (Å²) in [5, 5.41) is 18.0. The molecule has 1 fully saturated rings. The van der Waals surface area contributed by atoms with E-state index in [0.29, 0.717) is 6.54 Å². The minimum atomic E-state index is -0.617. The third-order valence-corrected chi connectivity index (χ3v) is 3.57. The van der Waals surface area contributed by atoms with Crippen molar-refractivity contribution in [2.75, 3.05) is 13.1 Å². The molecule has 9 heteroatoms. The van der Waals surface area contributed by atoms with Gasteiger partial charge in [-0.05, 0) is 33.7 Å². The van der Waals surface area contributed by atoms with E-state index >= 15 is 0 Å². The van der Waals surface area contributed by atoms with E-state index in [0.717, 1.165) is 19.2 Å². The number of hydrogen-bond acceptors (Lipinski definition) is 6. The van der Waals surface area contributed by atoms with Crippen molar-refractivity contribution >= 4 is 11.8 Å². The number of carbonyl (C=O) groups is 1. The molecule has 0 aliphatic carbocycles. The second-order valence-corrected chi connectivity index (χ2v) is 6.27. The SMILES string of the molecule is Cn1ncc([N+](=O)[O-])c1OC(=O)N([C@H]1CCNC1)C(C)(C)C. The molecule has 9 nitrogen and oxygen atoms in total. The summed E-state index contributed by atoms with van der Waals surface area (Å²) in [6.45, 7) is 7.23. The average Bonchev–Trinajstić information content (AvgIpc) is 2.99. The number of nitrogens with zero attached hydrogens (tertiary/aromatic N) is 4. The summed E-state index contributed by atoms with van der Waals surface area (Å²) in [4.78, 5) is 24.6. The van der Waals surface area contributed by atoms with Gasteiger partial charge in [0.25, 0.3) is 0 Å². The van der Waals surface area contributed by atoms with E-state index in [4.69, 9.17) is 4.74 Å². The highest BCUT2D eigenvalue weighted by Gasteiger charge is 2.37. The second-order valence-electron chi connectivity index (χ2n) is 6.27. The Bertz CT molecular complexity index is 571. The van der Waals surface area contributed by atoms with Crippen LogP contribution in [0, 0.1) is 10.1 Å². The summed E-state index contributed by atoms with van der Waals surface area (Å²) in [6, 6.07) is -0.000200. The van der Waals surface area contributed by atoms with Gasteiger partial charge in [0.1, 0.15) is 6.20 Å². The maximum atomic E-state index is 12.6. The van der Waals surface area contributed by atoms with E-state index in [1.807, 2.05) is 20.8 Å². The van der Waals surface area contributed by atoms with Crippen molar-refractivity contribution in [3.05, 3.63) is 16.3 Å². The number of hydrogen-bond donors (Lipinski definition) is 1. The molecule has 2 heterocycles. The van der Waals surface area contributed by atoms with Gasteiger partial charge in [-0.15, -0.1) is 0 Å². The third-order valence-electron chi connectivity index (χ3n) is 3.57. The molecule has 0 spiro atoms. The summed E-state index contributed by atoms with van der Waals surface area (Å²) in [7, 11) is 1.49. The molecule has 0 aromatic carbocycles. The molecule has 122 valence electrons. The molecule has 1 aromatic heterocycles. The highest BCUT2D eigenvalue weighted by molar-refractivity contribution is 5.72. The minimum absolute atomic E-state index is 0.000200. The first-order valence-electron chi connectivity index (χ1n) is 7.10. The molecule has 1 atom stereocenters. The molecule has 0 bridgehead atoms.